The van der Waals surface area contributed by atoms with Crippen molar-refractivity contribution < 1.29 is 14.3 Å². The van der Waals surface area contributed by atoms with Gasteiger partial charge in [0.25, 0.3) is 0 Å². The lowest BCUT2D eigenvalue weighted by Crippen LogP contribution is -2.56. The van der Waals surface area contributed by atoms with Crippen molar-refractivity contribution in [1.29, 1.82) is 0 Å². The molecule has 0 saturated carbocycles. The van der Waals surface area contributed by atoms with Crippen molar-refractivity contribution in [2.24, 2.45) is 0 Å². The van der Waals surface area contributed by atoms with Gasteiger partial charge in [0.05, 0.1) is 25.3 Å². The molecule has 0 spiro atoms. The van der Waals surface area contributed by atoms with Crippen molar-refractivity contribution in [1.82, 2.24) is 4.90 Å². The van der Waals surface area contributed by atoms with Crippen molar-refractivity contribution in [2.45, 2.75) is 30.8 Å². The van der Waals surface area contributed by atoms with E-state index in [0.717, 1.165) is 12.8 Å². The highest BCUT2D eigenvalue weighted by Gasteiger charge is 2.39. The van der Waals surface area contributed by atoms with Crippen molar-refractivity contribution in [3.63, 3.8) is 0 Å². The molecule has 2 atom stereocenters. The number of fused-ring (bicyclic) bond motifs is 5. The summed E-state index contributed by atoms with van der Waals surface area (Å²) in [5.41, 5.74) is 6.28. The number of amides is 1. The molecule has 2 bridgehead atoms. The molecule has 29 heavy (non-hydrogen) atoms. The zero-order chi connectivity index (χ0) is 19.8. The molecular formula is C25H25NO3. The molecule has 2 aliphatic heterocycles. The third-order valence-corrected chi connectivity index (χ3v) is 6.23. The number of allylic oxidation sites excluding steroid dienone is 1. The maximum absolute atomic E-state index is 13.1. The molecule has 4 heteroatoms. The van der Waals surface area contributed by atoms with Gasteiger partial charge in [-0.1, -0.05) is 66.3 Å². The predicted octanol–water partition coefficient (Wildman–Crippen LogP) is 4.91. The number of nitrogens with zero attached hydrogens (tertiary/aromatic N) is 1. The van der Waals surface area contributed by atoms with Gasteiger partial charge in [0.2, 0.25) is 0 Å². The van der Waals surface area contributed by atoms with E-state index < -0.39 is 0 Å². The normalized spacial score (nSPS) is 22.5. The van der Waals surface area contributed by atoms with Gasteiger partial charge in [-0.3, -0.25) is 4.90 Å². The Balaban J connectivity index is 1.34. The summed E-state index contributed by atoms with van der Waals surface area (Å²) in [5.74, 6) is 0.0825. The Kier molecular flexibility index (Phi) is 4.72. The molecule has 0 radical (unpaired) electrons. The van der Waals surface area contributed by atoms with Gasteiger partial charge in [0, 0.05) is 5.92 Å². The summed E-state index contributed by atoms with van der Waals surface area (Å²) < 4.78 is 11.6. The SMILES string of the molecule is C=CCC1=CC2COCC(C1)N2C(=O)OCC1c2ccccc2-c2ccccc21. The van der Waals surface area contributed by atoms with Gasteiger partial charge < -0.3 is 9.47 Å². The quantitative estimate of drug-likeness (QED) is 0.700. The van der Waals surface area contributed by atoms with Gasteiger partial charge in [-0.15, -0.1) is 6.58 Å². The van der Waals surface area contributed by atoms with E-state index >= 15 is 0 Å². The first kappa shape index (κ1) is 18.2. The van der Waals surface area contributed by atoms with Crippen molar-refractivity contribution >= 4 is 6.09 Å². The lowest BCUT2D eigenvalue weighted by atomic mass is 9.93. The highest BCUT2D eigenvalue weighted by molar-refractivity contribution is 5.79. The number of benzene rings is 2. The predicted molar refractivity (Wildman–Crippen MR) is 113 cm³/mol. The first-order valence-electron chi connectivity index (χ1n) is 10.3. The summed E-state index contributed by atoms with van der Waals surface area (Å²) in [7, 11) is 0. The Hall–Kier alpha value is -2.85. The monoisotopic (exact) mass is 387 g/mol. The lowest BCUT2D eigenvalue weighted by molar-refractivity contribution is -0.0363. The fraction of sp³-hybridized carbons (Fsp3) is 0.320. The number of carbonyl (C=O) groups excluding carboxylic acids is 1. The Morgan fingerprint density at radius 3 is 2.45 bits per heavy atom. The minimum absolute atomic E-state index is 0.0457. The van der Waals surface area contributed by atoms with Crippen LogP contribution in [0.25, 0.3) is 11.1 Å². The first-order chi connectivity index (χ1) is 14.3. The molecule has 4 nitrogen and oxygen atoms in total. The number of hydrogen-bond acceptors (Lipinski definition) is 3. The minimum Gasteiger partial charge on any atom is -0.448 e. The molecule has 2 unspecified atom stereocenters. The number of rotatable bonds is 4. The maximum atomic E-state index is 13.1. The van der Waals surface area contributed by atoms with E-state index in [2.05, 4.69) is 61.2 Å². The van der Waals surface area contributed by atoms with Crippen LogP contribution in [0, 0.1) is 0 Å². The molecule has 0 N–H and O–H groups in total. The number of hydrogen-bond donors (Lipinski definition) is 0. The molecule has 2 aromatic rings. The second-order valence-corrected chi connectivity index (χ2v) is 7.99. The van der Waals surface area contributed by atoms with Crippen LogP contribution in [0.5, 0.6) is 0 Å². The topological polar surface area (TPSA) is 38.8 Å². The van der Waals surface area contributed by atoms with E-state index in [-0.39, 0.29) is 24.1 Å². The minimum atomic E-state index is -0.237. The van der Waals surface area contributed by atoms with Crippen LogP contribution >= 0.6 is 0 Å². The number of carbonyl (C=O) groups is 1. The molecule has 2 aromatic carbocycles. The van der Waals surface area contributed by atoms with Gasteiger partial charge in [-0.05, 0) is 35.1 Å². The van der Waals surface area contributed by atoms with E-state index in [4.69, 9.17) is 9.47 Å². The van der Waals surface area contributed by atoms with Crippen LogP contribution in [-0.2, 0) is 9.47 Å². The van der Waals surface area contributed by atoms with Crippen LogP contribution in [0.3, 0.4) is 0 Å². The Morgan fingerprint density at radius 2 is 1.79 bits per heavy atom. The van der Waals surface area contributed by atoms with Crippen molar-refractivity contribution in [2.75, 3.05) is 19.8 Å². The van der Waals surface area contributed by atoms with Gasteiger partial charge in [-0.25, -0.2) is 4.79 Å². The summed E-state index contributed by atoms with van der Waals surface area (Å²) in [4.78, 5) is 14.9. The van der Waals surface area contributed by atoms with E-state index in [1.54, 1.807) is 0 Å². The highest BCUT2D eigenvalue weighted by atomic mass is 16.6. The Morgan fingerprint density at radius 1 is 1.10 bits per heavy atom. The molecular weight excluding hydrogens is 362 g/mol. The smallest absolute Gasteiger partial charge is 0.410 e. The summed E-state index contributed by atoms with van der Waals surface area (Å²) in [6.07, 6.45) is 5.53. The van der Waals surface area contributed by atoms with E-state index in [9.17, 15) is 4.79 Å². The van der Waals surface area contributed by atoms with Gasteiger partial charge >= 0.3 is 6.09 Å². The highest BCUT2D eigenvalue weighted by Crippen LogP contribution is 2.44. The van der Waals surface area contributed by atoms with Crippen LogP contribution < -0.4 is 0 Å². The summed E-state index contributed by atoms with van der Waals surface area (Å²) in [6.45, 7) is 5.28. The van der Waals surface area contributed by atoms with Crippen LogP contribution in [0.2, 0.25) is 0 Å². The van der Waals surface area contributed by atoms with Crippen LogP contribution in [0.15, 0.2) is 72.8 Å². The zero-order valence-corrected chi connectivity index (χ0v) is 16.4. The lowest BCUT2D eigenvalue weighted by Gasteiger charge is -2.43. The fourth-order valence-electron chi connectivity index (χ4n) is 4.97. The van der Waals surface area contributed by atoms with Crippen LogP contribution in [0.4, 0.5) is 4.79 Å². The van der Waals surface area contributed by atoms with Gasteiger partial charge in [0.15, 0.2) is 0 Å². The van der Waals surface area contributed by atoms with Gasteiger partial charge in [0.1, 0.15) is 6.61 Å². The molecule has 5 rings (SSSR count). The van der Waals surface area contributed by atoms with Gasteiger partial charge in [-0.2, -0.15) is 0 Å². The molecule has 1 saturated heterocycles. The molecule has 3 aliphatic rings. The fourth-order valence-corrected chi connectivity index (χ4v) is 4.97. The van der Waals surface area contributed by atoms with Crippen LogP contribution in [0.1, 0.15) is 29.9 Å². The molecule has 2 heterocycles. The van der Waals surface area contributed by atoms with E-state index in [1.165, 1.54) is 27.8 Å². The van der Waals surface area contributed by atoms with Crippen molar-refractivity contribution in [3.8, 4) is 11.1 Å². The summed E-state index contributed by atoms with van der Waals surface area (Å²) in [6, 6.07) is 16.8. The molecule has 148 valence electrons. The Bertz CT molecular complexity index is 934. The second-order valence-electron chi connectivity index (χ2n) is 7.99. The molecule has 1 aliphatic carbocycles. The summed E-state index contributed by atoms with van der Waals surface area (Å²) >= 11 is 0. The zero-order valence-electron chi connectivity index (χ0n) is 16.4. The molecule has 1 amide bonds. The second kappa shape index (κ2) is 7.53. The molecule has 0 aromatic heterocycles. The largest absolute Gasteiger partial charge is 0.448 e. The third kappa shape index (κ3) is 3.18. The standard InChI is InChI=1S/C25H25NO3/c1-2-7-17-12-18-14-28-15-19(13-17)26(18)25(27)29-16-24-22-10-5-3-8-20(22)21-9-4-6-11-23(21)24/h2-6,8-12,18-19,24H,1,7,13-16H2. The van der Waals surface area contributed by atoms with Crippen molar-refractivity contribution in [3.05, 3.63) is 84.0 Å². The Labute approximate surface area is 171 Å². The van der Waals surface area contributed by atoms with Crippen LogP contribution in [-0.4, -0.2) is 42.9 Å². The first-order valence-corrected chi connectivity index (χ1v) is 10.3. The average Bonchev–Trinajstić information content (AvgIpc) is 3.05. The summed E-state index contributed by atoms with van der Waals surface area (Å²) in [5, 5.41) is 0. The van der Waals surface area contributed by atoms with E-state index in [1.807, 2.05) is 11.0 Å². The third-order valence-electron chi connectivity index (χ3n) is 6.23. The number of ether oxygens (including phenoxy) is 2. The maximum Gasteiger partial charge on any atom is 0.410 e. The molecule has 1 fully saturated rings. The number of morpholine rings is 1. The van der Waals surface area contributed by atoms with E-state index in [0.29, 0.717) is 19.8 Å². The average molecular weight is 387 g/mol.